The average molecular weight is 140 g/mol. The van der Waals surface area contributed by atoms with Crippen LogP contribution in [0.5, 0.6) is 0 Å². The first kappa shape index (κ1) is 7.77. The summed E-state index contributed by atoms with van der Waals surface area (Å²) in [7, 11) is 0. The van der Waals surface area contributed by atoms with Gasteiger partial charge in [0.2, 0.25) is 0 Å². The fraction of sp³-hybridized carbons (Fsp3) is 0.889. The summed E-state index contributed by atoms with van der Waals surface area (Å²) in [5.74, 6) is 1.65. The Kier molecular flexibility index (Phi) is 2.91. The lowest BCUT2D eigenvalue weighted by atomic mass is 10.0. The molecule has 0 aromatic carbocycles. The summed E-state index contributed by atoms with van der Waals surface area (Å²) in [5, 5.41) is 0. The second-order valence-corrected chi connectivity index (χ2v) is 3.36. The molecule has 0 amide bonds. The molecule has 0 N–H and O–H groups in total. The molecule has 58 valence electrons. The Balaban J connectivity index is 2.21. The van der Waals surface area contributed by atoms with E-state index in [2.05, 4.69) is 6.92 Å². The molecule has 10 heavy (non-hydrogen) atoms. The third kappa shape index (κ3) is 1.83. The molecule has 0 aliphatic heterocycles. The minimum Gasteiger partial charge on any atom is -0.303 e. The lowest BCUT2D eigenvalue weighted by molar-refractivity contribution is -0.108. The van der Waals surface area contributed by atoms with E-state index in [1.807, 2.05) is 0 Å². The molecule has 1 fully saturated rings. The van der Waals surface area contributed by atoms with E-state index in [4.69, 9.17) is 0 Å². The van der Waals surface area contributed by atoms with Gasteiger partial charge in [-0.05, 0) is 24.7 Å². The molecule has 0 spiro atoms. The highest BCUT2D eigenvalue weighted by Crippen LogP contribution is 2.33. The Morgan fingerprint density at radius 3 is 2.60 bits per heavy atom. The normalized spacial score (nSPS) is 32.5. The van der Waals surface area contributed by atoms with Crippen LogP contribution in [0.2, 0.25) is 0 Å². The van der Waals surface area contributed by atoms with E-state index in [1.165, 1.54) is 25.7 Å². The second-order valence-electron chi connectivity index (χ2n) is 3.36. The molecule has 2 atom stereocenters. The van der Waals surface area contributed by atoms with E-state index < -0.39 is 0 Å². The van der Waals surface area contributed by atoms with E-state index in [9.17, 15) is 4.79 Å². The summed E-state index contributed by atoms with van der Waals surface area (Å²) < 4.78 is 0. The molecule has 0 radical (unpaired) electrons. The molecular formula is C9H16O. The molecule has 1 nitrogen and oxygen atoms in total. The SMILES string of the molecule is CCC1CCC(CC=O)C1. The van der Waals surface area contributed by atoms with Crippen molar-refractivity contribution in [2.24, 2.45) is 11.8 Å². The van der Waals surface area contributed by atoms with Crippen LogP contribution in [0.4, 0.5) is 0 Å². The standard InChI is InChI=1S/C9H16O/c1-2-8-3-4-9(7-8)5-6-10/h6,8-9H,2-5,7H2,1H3. The van der Waals surface area contributed by atoms with E-state index in [-0.39, 0.29) is 0 Å². The van der Waals surface area contributed by atoms with Crippen molar-refractivity contribution >= 4 is 6.29 Å². The summed E-state index contributed by atoms with van der Waals surface area (Å²) in [6.07, 6.45) is 7.12. The summed E-state index contributed by atoms with van der Waals surface area (Å²) in [6.45, 7) is 2.24. The highest BCUT2D eigenvalue weighted by atomic mass is 16.1. The molecule has 0 saturated heterocycles. The first-order valence-electron chi connectivity index (χ1n) is 4.30. The largest absolute Gasteiger partial charge is 0.303 e. The number of carbonyl (C=O) groups is 1. The Labute approximate surface area is 62.8 Å². The first-order chi connectivity index (χ1) is 4.86. The molecule has 0 bridgehead atoms. The predicted molar refractivity (Wildman–Crippen MR) is 41.8 cm³/mol. The molecule has 0 aromatic heterocycles. The maximum atomic E-state index is 10.2. The second kappa shape index (κ2) is 3.75. The van der Waals surface area contributed by atoms with Crippen molar-refractivity contribution in [3.63, 3.8) is 0 Å². The summed E-state index contributed by atoms with van der Waals surface area (Å²) in [6, 6.07) is 0. The van der Waals surface area contributed by atoms with Gasteiger partial charge >= 0.3 is 0 Å². The zero-order valence-corrected chi connectivity index (χ0v) is 6.68. The molecule has 1 aliphatic carbocycles. The molecule has 1 rings (SSSR count). The Bertz CT molecular complexity index is 109. The fourth-order valence-corrected chi connectivity index (χ4v) is 1.90. The van der Waals surface area contributed by atoms with Crippen LogP contribution >= 0.6 is 0 Å². The maximum absolute atomic E-state index is 10.2. The Morgan fingerprint density at radius 2 is 2.10 bits per heavy atom. The highest BCUT2D eigenvalue weighted by Gasteiger charge is 2.22. The van der Waals surface area contributed by atoms with Crippen LogP contribution in [0.15, 0.2) is 0 Å². The van der Waals surface area contributed by atoms with E-state index in [1.54, 1.807) is 0 Å². The van der Waals surface area contributed by atoms with Gasteiger partial charge in [-0.3, -0.25) is 0 Å². The average Bonchev–Trinajstić information content (AvgIpc) is 2.37. The van der Waals surface area contributed by atoms with Gasteiger partial charge in [-0.25, -0.2) is 0 Å². The van der Waals surface area contributed by atoms with Crippen LogP contribution in [-0.2, 0) is 4.79 Å². The number of aldehydes is 1. The molecule has 0 heterocycles. The third-order valence-corrected chi connectivity index (χ3v) is 2.66. The number of hydrogen-bond donors (Lipinski definition) is 0. The van der Waals surface area contributed by atoms with Gasteiger partial charge in [0.1, 0.15) is 6.29 Å². The van der Waals surface area contributed by atoms with Crippen molar-refractivity contribution in [1.29, 1.82) is 0 Å². The van der Waals surface area contributed by atoms with Gasteiger partial charge in [0, 0.05) is 6.42 Å². The minimum absolute atomic E-state index is 0.724. The predicted octanol–water partition coefficient (Wildman–Crippen LogP) is 2.40. The number of hydrogen-bond acceptors (Lipinski definition) is 1. The smallest absolute Gasteiger partial charge is 0.120 e. The van der Waals surface area contributed by atoms with Crippen LogP contribution in [-0.4, -0.2) is 6.29 Å². The third-order valence-electron chi connectivity index (χ3n) is 2.66. The Morgan fingerprint density at radius 1 is 1.40 bits per heavy atom. The van der Waals surface area contributed by atoms with Crippen molar-refractivity contribution in [2.45, 2.75) is 39.0 Å². The maximum Gasteiger partial charge on any atom is 0.120 e. The van der Waals surface area contributed by atoms with Crippen molar-refractivity contribution in [1.82, 2.24) is 0 Å². The van der Waals surface area contributed by atoms with Crippen LogP contribution < -0.4 is 0 Å². The zero-order chi connectivity index (χ0) is 7.40. The van der Waals surface area contributed by atoms with Crippen LogP contribution in [0.25, 0.3) is 0 Å². The summed E-state index contributed by atoms with van der Waals surface area (Å²) in [4.78, 5) is 10.2. The molecule has 1 aliphatic rings. The molecule has 2 unspecified atom stereocenters. The number of carbonyl (C=O) groups excluding carboxylic acids is 1. The van der Waals surface area contributed by atoms with Crippen molar-refractivity contribution in [3.05, 3.63) is 0 Å². The van der Waals surface area contributed by atoms with E-state index >= 15 is 0 Å². The van der Waals surface area contributed by atoms with Crippen molar-refractivity contribution in [3.8, 4) is 0 Å². The molecule has 0 aromatic rings. The fourth-order valence-electron chi connectivity index (χ4n) is 1.90. The van der Waals surface area contributed by atoms with Gasteiger partial charge in [-0.2, -0.15) is 0 Å². The van der Waals surface area contributed by atoms with Crippen molar-refractivity contribution < 1.29 is 4.79 Å². The summed E-state index contributed by atoms with van der Waals surface area (Å²) >= 11 is 0. The van der Waals surface area contributed by atoms with E-state index in [0.29, 0.717) is 0 Å². The first-order valence-corrected chi connectivity index (χ1v) is 4.30. The molecular weight excluding hydrogens is 124 g/mol. The number of rotatable bonds is 3. The van der Waals surface area contributed by atoms with Crippen LogP contribution in [0.3, 0.4) is 0 Å². The highest BCUT2D eigenvalue weighted by molar-refractivity contribution is 5.49. The topological polar surface area (TPSA) is 17.1 Å². The van der Waals surface area contributed by atoms with E-state index in [0.717, 1.165) is 24.5 Å². The zero-order valence-electron chi connectivity index (χ0n) is 6.68. The van der Waals surface area contributed by atoms with Gasteiger partial charge in [0.25, 0.3) is 0 Å². The van der Waals surface area contributed by atoms with Gasteiger partial charge in [0.05, 0.1) is 0 Å². The van der Waals surface area contributed by atoms with Gasteiger partial charge < -0.3 is 4.79 Å². The molecule has 1 saturated carbocycles. The van der Waals surface area contributed by atoms with Crippen LogP contribution in [0, 0.1) is 11.8 Å². The summed E-state index contributed by atoms with van der Waals surface area (Å²) in [5.41, 5.74) is 0. The van der Waals surface area contributed by atoms with Gasteiger partial charge in [-0.1, -0.05) is 19.8 Å². The lowest BCUT2D eigenvalue weighted by Crippen LogP contribution is -1.95. The van der Waals surface area contributed by atoms with Gasteiger partial charge in [0.15, 0.2) is 0 Å². The Hall–Kier alpha value is -0.330. The van der Waals surface area contributed by atoms with Crippen LogP contribution in [0.1, 0.15) is 39.0 Å². The van der Waals surface area contributed by atoms with Gasteiger partial charge in [-0.15, -0.1) is 0 Å². The quantitative estimate of drug-likeness (QED) is 0.550. The lowest BCUT2D eigenvalue weighted by Gasteiger charge is -2.04. The van der Waals surface area contributed by atoms with Crippen molar-refractivity contribution in [2.75, 3.05) is 0 Å². The monoisotopic (exact) mass is 140 g/mol. The minimum atomic E-state index is 0.724. The molecule has 1 heteroatoms.